The summed E-state index contributed by atoms with van der Waals surface area (Å²) in [5.41, 5.74) is 9.93. The Balaban J connectivity index is 1.72. The quantitative estimate of drug-likeness (QED) is 0.139. The minimum atomic E-state index is -0.599. The van der Waals surface area contributed by atoms with Gasteiger partial charge in [0.25, 0.3) is 0 Å². The van der Waals surface area contributed by atoms with Crippen molar-refractivity contribution in [3.63, 3.8) is 0 Å². The minimum absolute atomic E-state index is 0.0594. The van der Waals surface area contributed by atoms with Crippen LogP contribution in [0.3, 0.4) is 0 Å². The van der Waals surface area contributed by atoms with Gasteiger partial charge in [-0.25, -0.2) is 0 Å². The van der Waals surface area contributed by atoms with Crippen LogP contribution in [-0.4, -0.2) is 28.1 Å². The number of amidine groups is 1. The van der Waals surface area contributed by atoms with E-state index in [1.54, 1.807) is 0 Å². The molecular weight excluding hydrogens is 557 g/mol. The Morgan fingerprint density at radius 3 is 2.80 bits per heavy atom. The van der Waals surface area contributed by atoms with Crippen LogP contribution in [0.25, 0.3) is 22.0 Å². The first-order valence-electron chi connectivity index (χ1n) is 11.0. The number of hydrogen-bond donors (Lipinski definition) is 2. The van der Waals surface area contributed by atoms with E-state index in [9.17, 15) is 0 Å². The van der Waals surface area contributed by atoms with E-state index >= 15 is 0 Å². The standard InChI is InChI=1S/C26H27IN5O3/c1-5-27-26(32-25(35-16(2)3)17(4)30-14-28)31-19-7-8-22-21(13-19)20(10-11-29-22)18-6-9-23-24(12-18)34-15-33-23/h5-14,16H,1,15H2,2-4H3,(H2,28,30)(H,31,32)/q-1/b25-17-. The maximum atomic E-state index is 5.90. The number of fused-ring (bicyclic) bond motifs is 2. The summed E-state index contributed by atoms with van der Waals surface area (Å²) in [6.45, 7) is 9.85. The van der Waals surface area contributed by atoms with Crippen molar-refractivity contribution in [3.05, 3.63) is 70.9 Å². The van der Waals surface area contributed by atoms with Gasteiger partial charge < -0.3 is 0 Å². The molecule has 0 amide bonds. The zero-order chi connectivity index (χ0) is 24.8. The SMILES string of the molecule is C=C[I-]C(=N/C(OC(C)C)=C(\C)N=CN)Nc1ccc2nccc(-c3ccc4c(c3)OCO4)c2c1. The summed E-state index contributed by atoms with van der Waals surface area (Å²) in [6.07, 6.45) is 2.99. The molecular formula is C26H27IN5O3-. The molecule has 35 heavy (non-hydrogen) atoms. The fraction of sp³-hybridized carbons (Fsp3) is 0.192. The second kappa shape index (κ2) is 11.2. The molecule has 0 saturated heterocycles. The second-order valence-corrected chi connectivity index (χ2v) is 10.3. The summed E-state index contributed by atoms with van der Waals surface area (Å²) in [4.78, 5) is 13.4. The number of nitrogens with one attached hydrogen (secondary N) is 1. The first-order chi connectivity index (χ1) is 17.0. The van der Waals surface area contributed by atoms with Crippen LogP contribution in [-0.2, 0) is 4.74 Å². The van der Waals surface area contributed by atoms with E-state index < -0.39 is 21.2 Å². The van der Waals surface area contributed by atoms with Gasteiger partial charge in [-0.15, -0.1) is 0 Å². The molecule has 1 aliphatic rings. The summed E-state index contributed by atoms with van der Waals surface area (Å²) < 4.78 is 19.6. The molecule has 8 nitrogen and oxygen atoms in total. The van der Waals surface area contributed by atoms with Crippen molar-refractivity contribution in [1.29, 1.82) is 0 Å². The molecule has 0 fully saturated rings. The predicted octanol–water partition coefficient (Wildman–Crippen LogP) is 2.23. The van der Waals surface area contributed by atoms with Gasteiger partial charge in [0.05, 0.1) is 0 Å². The molecule has 3 aromatic rings. The van der Waals surface area contributed by atoms with E-state index in [0.717, 1.165) is 43.1 Å². The van der Waals surface area contributed by atoms with Gasteiger partial charge in [0.2, 0.25) is 0 Å². The van der Waals surface area contributed by atoms with Crippen molar-refractivity contribution in [2.24, 2.45) is 15.7 Å². The Labute approximate surface area is 214 Å². The van der Waals surface area contributed by atoms with E-state index in [0.29, 0.717) is 11.6 Å². The van der Waals surface area contributed by atoms with E-state index in [2.05, 4.69) is 27.9 Å². The van der Waals surface area contributed by atoms with Crippen molar-refractivity contribution in [3.8, 4) is 22.6 Å². The molecule has 0 radical (unpaired) electrons. The van der Waals surface area contributed by atoms with E-state index in [1.807, 2.05) is 67.4 Å². The number of aliphatic imine (C=N–C) groups is 2. The molecule has 0 bridgehead atoms. The van der Waals surface area contributed by atoms with Crippen molar-refractivity contribution >= 4 is 26.8 Å². The molecule has 2 heterocycles. The number of anilines is 1. The topological polar surface area (TPSA) is 103 Å². The van der Waals surface area contributed by atoms with Crippen LogP contribution in [0.15, 0.2) is 80.9 Å². The van der Waals surface area contributed by atoms with Crippen molar-refractivity contribution in [1.82, 2.24) is 4.98 Å². The molecule has 1 aliphatic heterocycles. The fourth-order valence-electron chi connectivity index (χ4n) is 3.48. The Bertz CT molecular complexity index is 1330. The van der Waals surface area contributed by atoms with Crippen LogP contribution in [0.1, 0.15) is 20.8 Å². The van der Waals surface area contributed by atoms with Gasteiger partial charge >= 0.3 is 215 Å². The molecule has 0 unspecified atom stereocenters. The van der Waals surface area contributed by atoms with Gasteiger partial charge in [0, 0.05) is 0 Å². The van der Waals surface area contributed by atoms with Gasteiger partial charge in [0.1, 0.15) is 0 Å². The summed E-state index contributed by atoms with van der Waals surface area (Å²) >= 11 is -0.599. The van der Waals surface area contributed by atoms with Crippen LogP contribution in [0.2, 0.25) is 0 Å². The van der Waals surface area contributed by atoms with Gasteiger partial charge in [-0.1, -0.05) is 0 Å². The Kier molecular flexibility index (Phi) is 7.86. The Morgan fingerprint density at radius 1 is 1.20 bits per heavy atom. The molecule has 0 spiro atoms. The summed E-state index contributed by atoms with van der Waals surface area (Å²) in [5.74, 6) is 1.92. The number of allylic oxidation sites excluding steroid dienone is 1. The van der Waals surface area contributed by atoms with Crippen molar-refractivity contribution in [2.75, 3.05) is 12.1 Å². The fourth-order valence-corrected chi connectivity index (χ4v) is 4.73. The normalized spacial score (nSPS) is 14.0. The number of benzene rings is 2. The number of nitrogens with two attached hydrogens (primary N) is 1. The molecule has 0 aliphatic carbocycles. The van der Waals surface area contributed by atoms with Gasteiger partial charge in [-0.3, -0.25) is 0 Å². The molecule has 3 N–H and O–H groups in total. The Morgan fingerprint density at radius 2 is 2.03 bits per heavy atom. The number of halogens is 1. The van der Waals surface area contributed by atoms with E-state index in [4.69, 9.17) is 24.9 Å². The van der Waals surface area contributed by atoms with Gasteiger partial charge in [-0.2, -0.15) is 0 Å². The van der Waals surface area contributed by atoms with Crippen LogP contribution < -0.4 is 41.7 Å². The molecule has 0 atom stereocenters. The zero-order valence-electron chi connectivity index (χ0n) is 19.8. The first kappa shape index (κ1) is 24.5. The zero-order valence-corrected chi connectivity index (χ0v) is 21.9. The number of pyridine rings is 1. The van der Waals surface area contributed by atoms with Crippen LogP contribution >= 0.6 is 0 Å². The Hall–Kier alpha value is -3.60. The third-order valence-electron chi connectivity index (χ3n) is 4.98. The van der Waals surface area contributed by atoms with Gasteiger partial charge in [-0.05, 0) is 0 Å². The predicted molar refractivity (Wildman–Crippen MR) is 136 cm³/mol. The molecule has 182 valence electrons. The van der Waals surface area contributed by atoms with E-state index in [1.165, 1.54) is 6.34 Å². The molecule has 1 aromatic heterocycles. The molecule has 0 saturated carbocycles. The third-order valence-corrected chi connectivity index (χ3v) is 6.52. The monoisotopic (exact) mass is 584 g/mol. The number of ether oxygens (including phenoxy) is 3. The first-order valence-corrected chi connectivity index (χ1v) is 13.3. The van der Waals surface area contributed by atoms with Crippen LogP contribution in [0.5, 0.6) is 11.5 Å². The summed E-state index contributed by atoms with van der Waals surface area (Å²) in [5, 5.41) is 4.46. The molecule has 4 rings (SSSR count). The average molecular weight is 584 g/mol. The molecule has 9 heteroatoms. The number of hydrogen-bond acceptors (Lipinski definition) is 6. The summed E-state index contributed by atoms with van der Waals surface area (Å²) in [6, 6.07) is 14.0. The second-order valence-electron chi connectivity index (χ2n) is 7.78. The molecule has 2 aromatic carbocycles. The van der Waals surface area contributed by atoms with Crippen molar-refractivity contribution < 1.29 is 35.4 Å². The van der Waals surface area contributed by atoms with Gasteiger partial charge in [0.15, 0.2) is 0 Å². The number of aromatic nitrogens is 1. The average Bonchev–Trinajstić information content (AvgIpc) is 3.31. The number of rotatable bonds is 8. The van der Waals surface area contributed by atoms with Crippen molar-refractivity contribution in [2.45, 2.75) is 26.9 Å². The third kappa shape index (κ3) is 5.91. The maximum absolute atomic E-state index is 5.90. The number of nitrogens with zero attached hydrogens (tertiary/aromatic N) is 3. The van der Waals surface area contributed by atoms with Crippen LogP contribution in [0, 0.1) is 0 Å². The van der Waals surface area contributed by atoms with Crippen LogP contribution in [0.4, 0.5) is 5.69 Å². The van der Waals surface area contributed by atoms with E-state index in [-0.39, 0.29) is 12.9 Å². The summed E-state index contributed by atoms with van der Waals surface area (Å²) in [7, 11) is 0.